The Bertz CT molecular complexity index is 4780. The van der Waals surface area contributed by atoms with Gasteiger partial charge < -0.3 is 13.9 Å². The topological polar surface area (TPSA) is 21.3 Å². The van der Waals surface area contributed by atoms with Crippen LogP contribution in [0.2, 0.25) is 0 Å². The zero-order chi connectivity index (χ0) is 52.1. The highest BCUT2D eigenvalue weighted by molar-refractivity contribution is 6.14. The first kappa shape index (κ1) is 44.2. The molecule has 14 aromatic rings. The van der Waals surface area contributed by atoms with Crippen LogP contribution in [0, 0.1) is 0 Å². The van der Waals surface area contributed by atoms with Crippen molar-refractivity contribution in [2.75, 3.05) is 4.90 Å². The first-order chi connectivity index (χ1) is 39.0. The monoisotopic (exact) mass is 1010 g/mol. The maximum Gasteiger partial charge on any atom is 0.143 e. The number of anilines is 3. The highest BCUT2D eigenvalue weighted by Crippen LogP contribution is 2.65. The molecule has 0 saturated heterocycles. The average Bonchev–Trinajstić information content (AvgIpc) is 4.45. The lowest BCUT2D eigenvalue weighted by Crippen LogP contribution is -2.26. The van der Waals surface area contributed by atoms with Gasteiger partial charge in [-0.1, -0.05) is 226 Å². The molecule has 1 spiro atoms. The molecule has 0 bridgehead atoms. The third kappa shape index (κ3) is 5.97. The van der Waals surface area contributed by atoms with E-state index in [0.29, 0.717) is 0 Å². The van der Waals surface area contributed by atoms with Gasteiger partial charge in [0.15, 0.2) is 0 Å². The molecule has 0 radical (unpaired) electrons. The highest BCUT2D eigenvalue weighted by atomic mass is 16.3. The van der Waals surface area contributed by atoms with E-state index < -0.39 is 5.41 Å². The molecule has 17 rings (SSSR count). The molecule has 0 N–H and O–H groups in total. The Balaban J connectivity index is 0.809. The van der Waals surface area contributed by atoms with Crippen molar-refractivity contribution < 1.29 is 4.42 Å². The van der Waals surface area contributed by atoms with Crippen LogP contribution in [0.3, 0.4) is 0 Å². The van der Waals surface area contributed by atoms with Crippen molar-refractivity contribution in [3.63, 3.8) is 0 Å². The summed E-state index contributed by atoms with van der Waals surface area (Å²) in [4.78, 5) is 2.52. The third-order valence-electron chi connectivity index (χ3n) is 18.0. The predicted molar refractivity (Wildman–Crippen MR) is 327 cm³/mol. The molecular formula is C76H50N2O. The van der Waals surface area contributed by atoms with Crippen molar-refractivity contribution >= 4 is 60.8 Å². The molecule has 79 heavy (non-hydrogen) atoms. The molecule has 2 aromatic heterocycles. The number of furan rings is 1. The van der Waals surface area contributed by atoms with E-state index in [4.69, 9.17) is 4.42 Å². The maximum absolute atomic E-state index is 7.11. The van der Waals surface area contributed by atoms with Crippen LogP contribution in [0.5, 0.6) is 0 Å². The minimum Gasteiger partial charge on any atom is -0.455 e. The van der Waals surface area contributed by atoms with Crippen molar-refractivity contribution in [2.45, 2.75) is 24.7 Å². The molecule has 2 heterocycles. The van der Waals surface area contributed by atoms with E-state index in [-0.39, 0.29) is 5.41 Å². The summed E-state index contributed by atoms with van der Waals surface area (Å²) in [7, 11) is 0. The molecule has 0 aliphatic heterocycles. The van der Waals surface area contributed by atoms with Crippen molar-refractivity contribution in [1.29, 1.82) is 0 Å². The minimum atomic E-state index is -0.464. The summed E-state index contributed by atoms with van der Waals surface area (Å²) in [5, 5.41) is 4.72. The van der Waals surface area contributed by atoms with Crippen molar-refractivity contribution in [1.82, 2.24) is 4.57 Å². The van der Waals surface area contributed by atoms with Gasteiger partial charge >= 0.3 is 0 Å². The number of para-hydroxylation sites is 4. The number of benzene rings is 12. The quantitative estimate of drug-likeness (QED) is 0.166. The average molecular weight is 1010 g/mol. The van der Waals surface area contributed by atoms with Gasteiger partial charge in [-0.15, -0.1) is 0 Å². The molecule has 370 valence electrons. The predicted octanol–water partition coefficient (Wildman–Crippen LogP) is 20.1. The number of hydrogen-bond acceptors (Lipinski definition) is 2. The van der Waals surface area contributed by atoms with Gasteiger partial charge in [-0.05, 0) is 127 Å². The fourth-order valence-electron chi connectivity index (χ4n) is 14.6. The molecule has 0 saturated carbocycles. The normalized spacial score (nSPS) is 13.9. The van der Waals surface area contributed by atoms with E-state index in [1.807, 2.05) is 0 Å². The van der Waals surface area contributed by atoms with E-state index in [9.17, 15) is 0 Å². The molecule has 3 nitrogen and oxygen atoms in total. The Morgan fingerprint density at radius 3 is 1.37 bits per heavy atom. The molecule has 12 aromatic carbocycles. The zero-order valence-corrected chi connectivity index (χ0v) is 43.7. The minimum absolute atomic E-state index is 0.175. The molecule has 3 aliphatic carbocycles. The summed E-state index contributed by atoms with van der Waals surface area (Å²) in [6.45, 7) is 4.75. The van der Waals surface area contributed by atoms with E-state index in [1.54, 1.807) is 0 Å². The molecule has 3 heteroatoms. The second kappa shape index (κ2) is 16.3. The van der Waals surface area contributed by atoms with Gasteiger partial charge in [0, 0.05) is 60.7 Å². The number of nitrogens with zero attached hydrogens (tertiary/aromatic N) is 2. The van der Waals surface area contributed by atoms with Crippen LogP contribution in [-0.2, 0) is 10.8 Å². The van der Waals surface area contributed by atoms with Gasteiger partial charge in [0.25, 0.3) is 0 Å². The number of hydrogen-bond donors (Lipinski definition) is 0. The lowest BCUT2D eigenvalue weighted by Gasteiger charge is -2.32. The van der Waals surface area contributed by atoms with Crippen LogP contribution in [0.1, 0.15) is 47.2 Å². The summed E-state index contributed by atoms with van der Waals surface area (Å²) in [6.07, 6.45) is 0. The molecular weight excluding hydrogens is 957 g/mol. The first-order valence-electron chi connectivity index (χ1n) is 27.6. The maximum atomic E-state index is 7.11. The molecule has 0 atom stereocenters. The van der Waals surface area contributed by atoms with E-state index in [1.165, 1.54) is 88.6 Å². The summed E-state index contributed by atoms with van der Waals surface area (Å²) < 4.78 is 9.48. The Morgan fingerprint density at radius 1 is 0.329 bits per heavy atom. The van der Waals surface area contributed by atoms with Gasteiger partial charge in [-0.25, -0.2) is 0 Å². The Kier molecular flexibility index (Phi) is 9.11. The van der Waals surface area contributed by atoms with E-state index >= 15 is 0 Å². The summed E-state index contributed by atoms with van der Waals surface area (Å²) in [5.41, 5.74) is 28.2. The van der Waals surface area contributed by atoms with Gasteiger partial charge in [-0.2, -0.15) is 0 Å². The molecule has 3 aliphatic rings. The zero-order valence-electron chi connectivity index (χ0n) is 43.7. The number of aromatic nitrogens is 1. The smallest absolute Gasteiger partial charge is 0.143 e. The highest BCUT2D eigenvalue weighted by Gasteiger charge is 2.52. The fourth-order valence-corrected chi connectivity index (χ4v) is 14.6. The van der Waals surface area contributed by atoms with Crippen molar-refractivity contribution in [2.24, 2.45) is 0 Å². The fraction of sp³-hybridized carbons (Fsp3) is 0.0526. The third-order valence-corrected chi connectivity index (χ3v) is 18.0. The van der Waals surface area contributed by atoms with Crippen LogP contribution >= 0.6 is 0 Å². The number of fused-ring (bicyclic) bond motifs is 19. The SMILES string of the molecule is CC1(C)c2ccccc2-c2ccc(N(c3ccc(-c4cccc5c4oc4c(-c6ccc(-n7c8ccccc8c8ccccc87)cc6)cccc45)cc3)c3cccc4c3-c3ccccc3C43c4ccccc4-c4ccccc43)cc21. The van der Waals surface area contributed by atoms with E-state index in [2.05, 4.69) is 290 Å². The number of rotatable bonds is 6. The lowest BCUT2D eigenvalue weighted by molar-refractivity contribution is 0.660. The largest absolute Gasteiger partial charge is 0.455 e. The second-order valence-corrected chi connectivity index (χ2v) is 22.3. The van der Waals surface area contributed by atoms with Crippen molar-refractivity contribution in [3.8, 4) is 61.3 Å². The van der Waals surface area contributed by atoms with Crippen LogP contribution < -0.4 is 4.90 Å². The van der Waals surface area contributed by atoms with Gasteiger partial charge in [-0.3, -0.25) is 0 Å². The molecule has 0 amide bonds. The Morgan fingerprint density at radius 2 is 0.759 bits per heavy atom. The summed E-state index contributed by atoms with van der Waals surface area (Å²) in [6, 6.07) is 99.0. The standard InChI is InChI=1S/C76H50N2O/c1-75(2)63-28-9-3-18-54(63)57-45-44-51(46-68(57)75)77(71-35-17-32-67-72(71)62-23-6-12-31-66(62)76(67)64-29-10-4-19-55(64)56-20-5-11-30-65(56)76)49-40-36-47(37-41-49)52-24-15-26-60-61-27-16-25-53(74(61)79-73(52)60)48-38-42-50(43-39-48)78-69-33-13-7-21-58(69)59-22-8-14-34-70(59)78/h3-46H,1-2H3. The first-order valence-corrected chi connectivity index (χ1v) is 27.6. The van der Waals surface area contributed by atoms with Crippen LogP contribution in [0.15, 0.2) is 271 Å². The van der Waals surface area contributed by atoms with Gasteiger partial charge in [0.05, 0.1) is 22.1 Å². The lowest BCUT2D eigenvalue weighted by atomic mass is 9.70. The van der Waals surface area contributed by atoms with Crippen LogP contribution in [0.25, 0.3) is 105 Å². The molecule has 0 fully saturated rings. The second-order valence-electron chi connectivity index (χ2n) is 22.3. The van der Waals surface area contributed by atoms with Crippen LogP contribution in [0.4, 0.5) is 17.1 Å². The van der Waals surface area contributed by atoms with Gasteiger partial charge in [0.2, 0.25) is 0 Å². The Labute approximate surface area is 458 Å². The molecule has 0 unspecified atom stereocenters. The Hall–Kier alpha value is -9.96. The summed E-state index contributed by atoms with van der Waals surface area (Å²) >= 11 is 0. The van der Waals surface area contributed by atoms with Crippen molar-refractivity contribution in [3.05, 3.63) is 300 Å². The van der Waals surface area contributed by atoms with E-state index in [0.717, 1.165) is 66.9 Å². The van der Waals surface area contributed by atoms with Gasteiger partial charge in [0.1, 0.15) is 11.2 Å². The summed E-state index contributed by atoms with van der Waals surface area (Å²) in [5.74, 6) is 0. The van der Waals surface area contributed by atoms with Crippen LogP contribution in [-0.4, -0.2) is 4.57 Å².